The number of hydrogen-bond acceptors (Lipinski definition) is 6. The Hall–Kier alpha value is -2.31. The van der Waals surface area contributed by atoms with Crippen LogP contribution in [0.15, 0.2) is 48.1 Å². The molecule has 0 unspecified atom stereocenters. The number of esters is 1. The number of rotatable bonds is 16. The maximum atomic E-state index is 13.5. The highest BCUT2D eigenvalue weighted by molar-refractivity contribution is 5.92. The number of carbonyl (C=O) groups is 3. The van der Waals surface area contributed by atoms with Gasteiger partial charge in [0.2, 0.25) is 5.78 Å². The zero-order valence-electron chi connectivity index (χ0n) is 28.1. The van der Waals surface area contributed by atoms with Crippen LogP contribution in [0.5, 0.6) is 0 Å². The summed E-state index contributed by atoms with van der Waals surface area (Å²) in [7, 11) is 0. The van der Waals surface area contributed by atoms with Gasteiger partial charge in [0.05, 0.1) is 6.10 Å². The second-order valence-corrected chi connectivity index (χ2v) is 14.7. The van der Waals surface area contributed by atoms with E-state index in [0.29, 0.717) is 32.1 Å². The summed E-state index contributed by atoms with van der Waals surface area (Å²) in [6.45, 7) is 5.96. The minimum atomic E-state index is -1.62. The van der Waals surface area contributed by atoms with Crippen LogP contribution in [-0.2, 0) is 19.1 Å². The third kappa shape index (κ3) is 7.99. The molecule has 0 amide bonds. The highest BCUT2D eigenvalue weighted by Gasteiger charge is 2.68. The lowest BCUT2D eigenvalue weighted by molar-refractivity contribution is -0.184. The number of aliphatic hydroxyl groups excluding tert-OH is 1. The van der Waals surface area contributed by atoms with Crippen molar-refractivity contribution >= 4 is 17.5 Å². The van der Waals surface area contributed by atoms with Crippen LogP contribution >= 0.6 is 0 Å². The predicted octanol–water partition coefficient (Wildman–Crippen LogP) is 7.92. The topological polar surface area (TPSA) is 101 Å². The molecule has 0 radical (unpaired) electrons. The van der Waals surface area contributed by atoms with E-state index in [-0.39, 0.29) is 35.4 Å². The van der Waals surface area contributed by atoms with E-state index in [4.69, 9.17) is 4.74 Å². The Labute approximate surface area is 271 Å². The molecule has 45 heavy (non-hydrogen) atoms. The van der Waals surface area contributed by atoms with Crippen LogP contribution in [0.4, 0.5) is 0 Å². The van der Waals surface area contributed by atoms with Gasteiger partial charge in [0, 0.05) is 18.3 Å². The monoisotopic (exact) mass is 622 g/mol. The Morgan fingerprint density at radius 3 is 2.29 bits per heavy atom. The number of carbonyl (C=O) groups excluding carboxylic acids is 3. The molecule has 4 rings (SSSR count). The number of ketones is 2. The third-order valence-corrected chi connectivity index (χ3v) is 11.9. The number of allylic oxidation sites excluding steroid dienone is 7. The van der Waals surface area contributed by atoms with Gasteiger partial charge in [-0.25, -0.2) is 0 Å². The molecule has 2 N–H and O–H groups in total. The minimum absolute atomic E-state index is 0.0256. The van der Waals surface area contributed by atoms with Crippen molar-refractivity contribution in [2.75, 3.05) is 6.61 Å². The Kier molecular flexibility index (Phi) is 12.6. The van der Waals surface area contributed by atoms with Gasteiger partial charge in [0.25, 0.3) is 0 Å². The van der Waals surface area contributed by atoms with Crippen LogP contribution in [0.25, 0.3) is 0 Å². The van der Waals surface area contributed by atoms with Gasteiger partial charge < -0.3 is 14.9 Å². The van der Waals surface area contributed by atoms with E-state index in [9.17, 15) is 24.6 Å². The van der Waals surface area contributed by atoms with Crippen molar-refractivity contribution in [2.24, 2.45) is 28.6 Å². The van der Waals surface area contributed by atoms with Crippen molar-refractivity contribution in [1.82, 2.24) is 0 Å². The molecule has 4 aliphatic carbocycles. The molecule has 0 spiro atoms. The SMILES string of the molecule is CCCCC/C=C\C/C=C\C/C=C\CCCCC(=O)OCC(=O)[C@@]1(O)CC[C@H]2[C@@H]3CCC4=CC(=O)CC[C@]4(C)[C@H]3[C@@H](O)C[C@@]21C. The standard InChI is InChI=1S/C39H58O6/c1-4-5-6-7-8-9-10-11-12-13-14-15-16-17-18-19-35(43)45-28-34(42)39(44)25-23-32-31-21-20-29-26-30(40)22-24-37(29,2)36(31)33(41)27-38(32,39)3/h8-9,11-12,14-15,26,31-33,36,41,44H,4-7,10,13,16-25,27-28H2,1-3H3/b9-8-,12-11-,15-14-/t31-,32-,33-,36+,37-,38-,39-/m0/s1. The first-order valence-electron chi connectivity index (χ1n) is 17.8. The van der Waals surface area contributed by atoms with E-state index in [0.717, 1.165) is 44.9 Å². The third-order valence-electron chi connectivity index (χ3n) is 11.9. The molecule has 0 aliphatic heterocycles. The van der Waals surface area contributed by atoms with E-state index in [1.54, 1.807) is 0 Å². The fourth-order valence-corrected chi connectivity index (χ4v) is 9.31. The van der Waals surface area contributed by atoms with Gasteiger partial charge in [-0.2, -0.15) is 0 Å². The largest absolute Gasteiger partial charge is 0.458 e. The Balaban J connectivity index is 1.17. The summed E-state index contributed by atoms with van der Waals surface area (Å²) >= 11 is 0. The van der Waals surface area contributed by atoms with Crippen LogP contribution in [0.3, 0.4) is 0 Å². The summed E-state index contributed by atoms with van der Waals surface area (Å²) < 4.78 is 5.37. The lowest BCUT2D eigenvalue weighted by Crippen LogP contribution is -2.62. The van der Waals surface area contributed by atoms with Crippen molar-refractivity contribution in [2.45, 2.75) is 142 Å². The maximum absolute atomic E-state index is 13.5. The van der Waals surface area contributed by atoms with Gasteiger partial charge >= 0.3 is 5.97 Å². The molecule has 0 saturated heterocycles. The van der Waals surface area contributed by atoms with Crippen LogP contribution in [0.1, 0.15) is 130 Å². The fourth-order valence-electron chi connectivity index (χ4n) is 9.31. The van der Waals surface area contributed by atoms with E-state index >= 15 is 0 Å². The lowest BCUT2D eigenvalue weighted by Gasteiger charge is -2.60. The van der Waals surface area contributed by atoms with Gasteiger partial charge in [0.1, 0.15) is 5.60 Å². The number of ether oxygens (including phenoxy) is 1. The first-order chi connectivity index (χ1) is 21.6. The molecule has 3 saturated carbocycles. The van der Waals surface area contributed by atoms with Crippen molar-refractivity contribution in [3.63, 3.8) is 0 Å². The molecule has 0 heterocycles. The molecule has 3 fully saturated rings. The van der Waals surface area contributed by atoms with Crippen LogP contribution < -0.4 is 0 Å². The molecule has 7 atom stereocenters. The number of unbranched alkanes of at least 4 members (excludes halogenated alkanes) is 5. The number of Topliss-reactive ketones (excluding diaryl/α,β-unsaturated/α-hetero) is 1. The molecule has 0 bridgehead atoms. The molecule has 6 nitrogen and oxygen atoms in total. The zero-order valence-corrected chi connectivity index (χ0v) is 28.1. The van der Waals surface area contributed by atoms with E-state index in [1.807, 2.05) is 13.0 Å². The highest BCUT2D eigenvalue weighted by atomic mass is 16.5. The quantitative estimate of drug-likeness (QED) is 0.103. The van der Waals surface area contributed by atoms with Crippen LogP contribution in [0, 0.1) is 28.6 Å². The van der Waals surface area contributed by atoms with Crippen molar-refractivity contribution in [3.8, 4) is 0 Å². The summed E-state index contributed by atoms with van der Waals surface area (Å²) in [5, 5.41) is 23.4. The van der Waals surface area contributed by atoms with Gasteiger partial charge in [-0.05, 0) is 113 Å². The van der Waals surface area contributed by atoms with Crippen molar-refractivity contribution < 1.29 is 29.3 Å². The van der Waals surface area contributed by atoms with Crippen LogP contribution in [-0.4, -0.2) is 46.1 Å². The first-order valence-corrected chi connectivity index (χ1v) is 17.8. The second kappa shape index (κ2) is 16.0. The van der Waals surface area contributed by atoms with Gasteiger partial charge in [-0.1, -0.05) is 75.6 Å². The second-order valence-electron chi connectivity index (χ2n) is 14.7. The molecule has 4 aliphatic rings. The average Bonchev–Trinajstić information content (AvgIpc) is 3.28. The predicted molar refractivity (Wildman–Crippen MR) is 178 cm³/mol. The lowest BCUT2D eigenvalue weighted by atomic mass is 9.45. The van der Waals surface area contributed by atoms with Gasteiger partial charge in [-0.15, -0.1) is 0 Å². The maximum Gasteiger partial charge on any atom is 0.306 e. The molecule has 0 aromatic rings. The van der Waals surface area contributed by atoms with E-state index in [2.05, 4.69) is 50.3 Å². The smallest absolute Gasteiger partial charge is 0.306 e. The summed E-state index contributed by atoms with van der Waals surface area (Å²) in [6.07, 6.45) is 28.3. The minimum Gasteiger partial charge on any atom is -0.458 e. The Morgan fingerprint density at radius 2 is 1.60 bits per heavy atom. The van der Waals surface area contributed by atoms with Crippen molar-refractivity contribution in [3.05, 3.63) is 48.1 Å². The molecule has 6 heteroatoms. The highest BCUT2D eigenvalue weighted by Crippen LogP contribution is 2.67. The fraction of sp³-hybridized carbons (Fsp3) is 0.718. The summed E-state index contributed by atoms with van der Waals surface area (Å²) in [5.74, 6) is -0.355. The zero-order chi connectivity index (χ0) is 32.5. The number of fused-ring (bicyclic) bond motifs is 5. The van der Waals surface area contributed by atoms with Gasteiger partial charge in [-0.3, -0.25) is 14.4 Å². The normalized spacial score (nSPS) is 34.6. The summed E-state index contributed by atoms with van der Waals surface area (Å²) in [4.78, 5) is 38.0. The van der Waals surface area contributed by atoms with E-state index < -0.39 is 35.5 Å². The Bertz CT molecular complexity index is 1160. The number of hydrogen-bond donors (Lipinski definition) is 2. The Morgan fingerprint density at radius 1 is 0.933 bits per heavy atom. The molecule has 0 aromatic heterocycles. The van der Waals surface area contributed by atoms with Crippen molar-refractivity contribution in [1.29, 1.82) is 0 Å². The molecular weight excluding hydrogens is 564 g/mol. The number of aliphatic hydroxyl groups is 2. The molecule has 0 aromatic carbocycles. The average molecular weight is 623 g/mol. The molecule has 250 valence electrons. The first kappa shape index (κ1) is 35.5. The van der Waals surface area contributed by atoms with E-state index in [1.165, 1.54) is 31.3 Å². The molecular formula is C39H58O6. The van der Waals surface area contributed by atoms with Crippen LogP contribution in [0.2, 0.25) is 0 Å². The van der Waals surface area contributed by atoms with Gasteiger partial charge in [0.15, 0.2) is 12.4 Å². The summed E-state index contributed by atoms with van der Waals surface area (Å²) in [5.41, 5.74) is -1.44. The summed E-state index contributed by atoms with van der Waals surface area (Å²) in [6, 6.07) is 0.